The zero-order chi connectivity index (χ0) is 13.6. The predicted molar refractivity (Wildman–Crippen MR) is 73.2 cm³/mol. The second kappa shape index (κ2) is 4.40. The molecular formula is C16H26O2. The third-order valence-corrected chi connectivity index (χ3v) is 5.10. The Hall–Kier alpha value is -0.790. The van der Waals surface area contributed by atoms with Crippen molar-refractivity contribution in [2.75, 3.05) is 0 Å². The summed E-state index contributed by atoms with van der Waals surface area (Å²) >= 11 is 0. The summed E-state index contributed by atoms with van der Waals surface area (Å²) in [4.78, 5) is 11.2. The van der Waals surface area contributed by atoms with Crippen LogP contribution in [0.5, 0.6) is 0 Å². The molecule has 18 heavy (non-hydrogen) atoms. The first-order chi connectivity index (χ1) is 8.24. The molecule has 1 saturated carbocycles. The summed E-state index contributed by atoms with van der Waals surface area (Å²) in [5.74, 6) is 0.455. The highest BCUT2D eigenvalue weighted by molar-refractivity contribution is 5.66. The number of fused-ring (bicyclic) bond motifs is 1. The topological polar surface area (TPSA) is 26.3 Å². The van der Waals surface area contributed by atoms with Gasteiger partial charge in [0.1, 0.15) is 6.10 Å². The van der Waals surface area contributed by atoms with E-state index in [1.165, 1.54) is 31.8 Å². The Labute approximate surface area is 111 Å². The molecule has 102 valence electrons. The van der Waals surface area contributed by atoms with Crippen LogP contribution in [-0.4, -0.2) is 12.1 Å². The largest absolute Gasteiger partial charge is 0.458 e. The van der Waals surface area contributed by atoms with Crippen LogP contribution >= 0.6 is 0 Å². The summed E-state index contributed by atoms with van der Waals surface area (Å²) in [6, 6.07) is 0. The highest BCUT2D eigenvalue weighted by Gasteiger charge is 2.49. The molecule has 0 aromatic heterocycles. The summed E-state index contributed by atoms with van der Waals surface area (Å²) in [5.41, 5.74) is 1.88. The van der Waals surface area contributed by atoms with Crippen LogP contribution in [0.3, 0.4) is 0 Å². The Morgan fingerprint density at radius 2 is 2.00 bits per heavy atom. The maximum absolute atomic E-state index is 11.2. The maximum Gasteiger partial charge on any atom is 0.303 e. The Morgan fingerprint density at radius 3 is 2.61 bits per heavy atom. The van der Waals surface area contributed by atoms with Gasteiger partial charge in [-0.15, -0.1) is 0 Å². The van der Waals surface area contributed by atoms with Gasteiger partial charge < -0.3 is 4.74 Å². The van der Waals surface area contributed by atoms with Crippen LogP contribution < -0.4 is 0 Å². The van der Waals surface area contributed by atoms with Crippen LogP contribution in [0.15, 0.2) is 11.6 Å². The number of carbonyl (C=O) groups is 1. The number of esters is 1. The number of hydrogen-bond donors (Lipinski definition) is 0. The first-order valence-corrected chi connectivity index (χ1v) is 7.11. The molecule has 0 aliphatic heterocycles. The zero-order valence-corrected chi connectivity index (χ0v) is 12.4. The van der Waals surface area contributed by atoms with E-state index in [-0.39, 0.29) is 12.1 Å². The van der Waals surface area contributed by atoms with Crippen LogP contribution in [0, 0.1) is 16.7 Å². The van der Waals surface area contributed by atoms with Crippen molar-refractivity contribution >= 4 is 5.97 Å². The van der Waals surface area contributed by atoms with Crippen molar-refractivity contribution in [3.8, 4) is 0 Å². The molecule has 0 saturated heterocycles. The average Bonchev–Trinajstić information content (AvgIpc) is 2.19. The Morgan fingerprint density at radius 1 is 1.33 bits per heavy atom. The molecule has 0 N–H and O–H groups in total. The van der Waals surface area contributed by atoms with Crippen LogP contribution in [0.2, 0.25) is 0 Å². The van der Waals surface area contributed by atoms with Gasteiger partial charge in [0.25, 0.3) is 0 Å². The molecule has 0 unspecified atom stereocenters. The molecule has 0 aromatic rings. The van der Waals surface area contributed by atoms with Crippen LogP contribution in [0.1, 0.15) is 60.3 Å². The standard InChI is InChI=1S/C16H26O2/c1-11-10-16(5)8-6-7-15(3,4)14(16)9-13(11)18-12(2)17/h10,13-14H,6-9H2,1-5H3/t13-,14-,16+/m0/s1. The van der Waals surface area contributed by atoms with E-state index in [1.807, 2.05) is 0 Å². The van der Waals surface area contributed by atoms with Crippen molar-refractivity contribution in [1.29, 1.82) is 0 Å². The van der Waals surface area contributed by atoms with Gasteiger partial charge in [-0.1, -0.05) is 33.3 Å². The van der Waals surface area contributed by atoms with Crippen molar-refractivity contribution in [3.63, 3.8) is 0 Å². The molecule has 0 spiro atoms. The van der Waals surface area contributed by atoms with E-state index in [0.717, 1.165) is 6.42 Å². The molecule has 0 aromatic carbocycles. The highest BCUT2D eigenvalue weighted by atomic mass is 16.5. The number of allylic oxidation sites excluding steroid dienone is 1. The number of ether oxygens (including phenoxy) is 1. The van der Waals surface area contributed by atoms with Gasteiger partial charge in [0, 0.05) is 6.92 Å². The minimum atomic E-state index is -0.162. The fourth-order valence-corrected chi connectivity index (χ4v) is 4.28. The first-order valence-electron chi connectivity index (χ1n) is 7.11. The molecular weight excluding hydrogens is 224 g/mol. The minimum Gasteiger partial charge on any atom is -0.458 e. The lowest BCUT2D eigenvalue weighted by Crippen LogP contribution is -2.46. The Kier molecular flexibility index (Phi) is 3.33. The van der Waals surface area contributed by atoms with Crippen LogP contribution in [0.25, 0.3) is 0 Å². The molecule has 0 amide bonds. The van der Waals surface area contributed by atoms with Gasteiger partial charge >= 0.3 is 5.97 Å². The lowest BCUT2D eigenvalue weighted by Gasteiger charge is -2.53. The number of rotatable bonds is 1. The quantitative estimate of drug-likeness (QED) is 0.517. The fraction of sp³-hybridized carbons (Fsp3) is 0.812. The number of hydrogen-bond acceptors (Lipinski definition) is 2. The molecule has 1 fully saturated rings. The third kappa shape index (κ3) is 2.34. The maximum atomic E-state index is 11.2. The lowest BCUT2D eigenvalue weighted by atomic mass is 9.52. The van der Waals surface area contributed by atoms with Gasteiger partial charge in [-0.05, 0) is 48.5 Å². The van der Waals surface area contributed by atoms with Gasteiger partial charge in [-0.3, -0.25) is 4.79 Å². The monoisotopic (exact) mass is 250 g/mol. The van der Waals surface area contributed by atoms with Gasteiger partial charge in [0.05, 0.1) is 0 Å². The summed E-state index contributed by atoms with van der Waals surface area (Å²) in [6.07, 6.45) is 7.24. The van der Waals surface area contributed by atoms with Gasteiger partial charge in [-0.2, -0.15) is 0 Å². The normalized spacial score (nSPS) is 38.6. The predicted octanol–water partition coefficient (Wildman–Crippen LogP) is 4.10. The Bertz CT molecular complexity index is 381. The molecule has 2 rings (SSSR count). The van der Waals surface area contributed by atoms with E-state index in [0.29, 0.717) is 16.7 Å². The van der Waals surface area contributed by atoms with E-state index in [1.54, 1.807) is 0 Å². The van der Waals surface area contributed by atoms with Gasteiger partial charge in [0.2, 0.25) is 0 Å². The highest BCUT2D eigenvalue weighted by Crippen LogP contribution is 2.56. The van der Waals surface area contributed by atoms with Gasteiger partial charge in [0.15, 0.2) is 0 Å². The Balaban J connectivity index is 2.30. The second-order valence-electron chi connectivity index (χ2n) is 7.12. The van der Waals surface area contributed by atoms with Crippen molar-refractivity contribution in [2.45, 2.75) is 66.4 Å². The lowest BCUT2D eigenvalue weighted by molar-refractivity contribution is -0.147. The molecule has 2 nitrogen and oxygen atoms in total. The van der Waals surface area contributed by atoms with Gasteiger partial charge in [-0.25, -0.2) is 0 Å². The van der Waals surface area contributed by atoms with Crippen molar-refractivity contribution < 1.29 is 9.53 Å². The molecule has 0 radical (unpaired) electrons. The SMILES string of the molecule is CC(=O)O[C@H]1C[C@H]2C(C)(C)CCC[C@]2(C)C=C1C. The average molecular weight is 250 g/mol. The summed E-state index contributed by atoms with van der Waals surface area (Å²) in [7, 11) is 0. The zero-order valence-electron chi connectivity index (χ0n) is 12.4. The van der Waals surface area contributed by atoms with E-state index in [4.69, 9.17) is 4.74 Å². The third-order valence-electron chi connectivity index (χ3n) is 5.10. The van der Waals surface area contributed by atoms with E-state index in [2.05, 4.69) is 33.8 Å². The molecule has 0 bridgehead atoms. The number of carbonyl (C=O) groups excluding carboxylic acids is 1. The van der Waals surface area contributed by atoms with Crippen molar-refractivity contribution in [3.05, 3.63) is 11.6 Å². The van der Waals surface area contributed by atoms with Crippen LogP contribution in [-0.2, 0) is 9.53 Å². The second-order valence-corrected chi connectivity index (χ2v) is 7.12. The van der Waals surface area contributed by atoms with E-state index >= 15 is 0 Å². The van der Waals surface area contributed by atoms with E-state index < -0.39 is 0 Å². The summed E-state index contributed by atoms with van der Waals surface area (Å²) < 4.78 is 5.48. The van der Waals surface area contributed by atoms with Crippen molar-refractivity contribution in [2.24, 2.45) is 16.7 Å². The first kappa shape index (κ1) is 13.6. The molecule has 2 aliphatic carbocycles. The fourth-order valence-electron chi connectivity index (χ4n) is 4.28. The molecule has 2 aliphatic rings. The summed E-state index contributed by atoms with van der Waals surface area (Å²) in [6.45, 7) is 10.7. The van der Waals surface area contributed by atoms with Crippen molar-refractivity contribution in [1.82, 2.24) is 0 Å². The van der Waals surface area contributed by atoms with Crippen LogP contribution in [0.4, 0.5) is 0 Å². The molecule has 2 heteroatoms. The molecule has 3 atom stereocenters. The summed E-state index contributed by atoms with van der Waals surface area (Å²) in [5, 5.41) is 0. The smallest absolute Gasteiger partial charge is 0.303 e. The van der Waals surface area contributed by atoms with E-state index in [9.17, 15) is 4.79 Å². The molecule has 0 heterocycles. The minimum absolute atomic E-state index is 0.00190.